The molecule has 2 fully saturated rings. The minimum absolute atomic E-state index is 0.165. The van der Waals surface area contributed by atoms with Gasteiger partial charge in [-0.1, -0.05) is 38.3 Å². The molecule has 2 N–H and O–H groups in total. The second-order valence-electron chi connectivity index (χ2n) is 10.2. The third-order valence-corrected chi connectivity index (χ3v) is 7.80. The first-order valence-electron chi connectivity index (χ1n) is 12.9. The Bertz CT molecular complexity index is 1080. The molecule has 0 bridgehead atoms. The van der Waals surface area contributed by atoms with Gasteiger partial charge in [0.15, 0.2) is 0 Å². The quantitative estimate of drug-likeness (QED) is 0.427. The molecule has 2 aromatic rings. The van der Waals surface area contributed by atoms with Crippen LogP contribution in [0.4, 0.5) is 23.7 Å². The summed E-state index contributed by atoms with van der Waals surface area (Å²) in [5.41, 5.74) is 6.93. The van der Waals surface area contributed by atoms with Gasteiger partial charge in [0.25, 0.3) is 0 Å². The summed E-state index contributed by atoms with van der Waals surface area (Å²) in [5.74, 6) is -0.155. The Morgan fingerprint density at radius 1 is 1.05 bits per heavy atom. The average molecular weight is 518 g/mol. The maximum atomic E-state index is 13.9. The number of hydrogen-bond acceptors (Lipinski definition) is 3. The van der Waals surface area contributed by atoms with E-state index in [2.05, 4.69) is 11.7 Å². The Morgan fingerprint density at radius 2 is 1.70 bits per heavy atom. The standard InChI is InChI=1S/C28H34F3N3O3/c1-2-3-4-20-13-15-27(16-14-20)17-18-33(23-9-11-24(12-10-23)37-28(29,30)31)26(36)34(27)19-21-5-7-22(8-6-21)25(32)35/h5-12,20H,2-4,13-19H2,1H3,(H2,32,35). The maximum absolute atomic E-state index is 13.9. The summed E-state index contributed by atoms with van der Waals surface area (Å²) >= 11 is 0. The summed E-state index contributed by atoms with van der Waals surface area (Å²) in [7, 11) is 0. The minimum atomic E-state index is -4.77. The van der Waals surface area contributed by atoms with Crippen molar-refractivity contribution in [2.45, 2.75) is 76.7 Å². The van der Waals surface area contributed by atoms with E-state index in [1.807, 2.05) is 17.0 Å². The molecule has 4 rings (SSSR count). The van der Waals surface area contributed by atoms with Gasteiger partial charge in [0, 0.05) is 29.9 Å². The van der Waals surface area contributed by atoms with Crippen LogP contribution in [0, 0.1) is 5.92 Å². The summed E-state index contributed by atoms with van der Waals surface area (Å²) in [6.07, 6.45) is 3.63. The first kappa shape index (κ1) is 26.8. The van der Waals surface area contributed by atoms with E-state index in [1.165, 1.54) is 43.5 Å². The molecule has 1 aliphatic carbocycles. The van der Waals surface area contributed by atoms with Crippen molar-refractivity contribution >= 4 is 17.6 Å². The molecule has 200 valence electrons. The zero-order valence-corrected chi connectivity index (χ0v) is 21.1. The normalized spacial score (nSPS) is 22.4. The number of nitrogens with two attached hydrogens (primary N) is 1. The first-order chi connectivity index (χ1) is 17.6. The van der Waals surface area contributed by atoms with Crippen LogP contribution in [0.25, 0.3) is 0 Å². The lowest BCUT2D eigenvalue weighted by Gasteiger charge is -2.53. The van der Waals surface area contributed by atoms with E-state index in [9.17, 15) is 22.8 Å². The monoisotopic (exact) mass is 517 g/mol. The predicted molar refractivity (Wildman–Crippen MR) is 135 cm³/mol. The molecule has 0 aromatic heterocycles. The van der Waals surface area contributed by atoms with Crippen LogP contribution in [0.3, 0.4) is 0 Å². The third-order valence-electron chi connectivity index (χ3n) is 7.80. The van der Waals surface area contributed by atoms with Crippen molar-refractivity contribution in [1.29, 1.82) is 0 Å². The van der Waals surface area contributed by atoms with Gasteiger partial charge in [0.1, 0.15) is 5.75 Å². The van der Waals surface area contributed by atoms with Crippen LogP contribution in [-0.2, 0) is 6.54 Å². The first-order valence-corrected chi connectivity index (χ1v) is 12.9. The van der Waals surface area contributed by atoms with Crippen molar-refractivity contribution in [3.8, 4) is 5.75 Å². The Morgan fingerprint density at radius 3 is 2.27 bits per heavy atom. The molecule has 2 aliphatic rings. The van der Waals surface area contributed by atoms with Gasteiger partial charge in [-0.2, -0.15) is 0 Å². The van der Waals surface area contributed by atoms with Crippen LogP contribution in [0.5, 0.6) is 5.75 Å². The molecular weight excluding hydrogens is 483 g/mol. The molecule has 0 radical (unpaired) electrons. The topological polar surface area (TPSA) is 75.9 Å². The fourth-order valence-corrected chi connectivity index (χ4v) is 5.68. The molecule has 9 heteroatoms. The molecule has 2 aromatic carbocycles. The molecule has 1 aliphatic heterocycles. The summed E-state index contributed by atoms with van der Waals surface area (Å²) < 4.78 is 41.7. The van der Waals surface area contributed by atoms with Crippen molar-refractivity contribution in [1.82, 2.24) is 4.90 Å². The fourth-order valence-electron chi connectivity index (χ4n) is 5.68. The zero-order chi connectivity index (χ0) is 26.6. The van der Waals surface area contributed by atoms with E-state index in [-0.39, 0.29) is 17.3 Å². The van der Waals surface area contributed by atoms with Gasteiger partial charge in [-0.05, 0) is 80.0 Å². The van der Waals surface area contributed by atoms with Gasteiger partial charge in [-0.3, -0.25) is 9.69 Å². The van der Waals surface area contributed by atoms with Crippen LogP contribution in [-0.4, -0.2) is 35.3 Å². The summed E-state index contributed by atoms with van der Waals surface area (Å²) in [4.78, 5) is 29.0. The van der Waals surface area contributed by atoms with Crippen LogP contribution in [0.1, 0.15) is 74.2 Å². The van der Waals surface area contributed by atoms with Crippen LogP contribution >= 0.6 is 0 Å². The minimum Gasteiger partial charge on any atom is -0.406 e. The zero-order valence-electron chi connectivity index (χ0n) is 21.1. The number of amides is 3. The van der Waals surface area contributed by atoms with E-state index in [1.54, 1.807) is 17.0 Å². The van der Waals surface area contributed by atoms with Gasteiger partial charge in [-0.25, -0.2) is 4.79 Å². The number of benzene rings is 2. The highest BCUT2D eigenvalue weighted by Gasteiger charge is 2.47. The molecule has 0 atom stereocenters. The Hall–Kier alpha value is -3.23. The number of nitrogens with zero attached hydrogens (tertiary/aromatic N) is 2. The number of carbonyl (C=O) groups excluding carboxylic acids is 2. The molecule has 1 heterocycles. The SMILES string of the molecule is CCCCC1CCC2(CC1)CCN(c1ccc(OC(F)(F)F)cc1)C(=O)N2Cc1ccc(C(N)=O)cc1. The van der Waals surface area contributed by atoms with Crippen molar-refractivity contribution in [2.75, 3.05) is 11.4 Å². The average Bonchev–Trinajstić information content (AvgIpc) is 2.86. The van der Waals surface area contributed by atoms with Crippen molar-refractivity contribution in [3.05, 3.63) is 59.7 Å². The number of carbonyl (C=O) groups is 2. The van der Waals surface area contributed by atoms with E-state index < -0.39 is 12.3 Å². The molecule has 1 spiro atoms. The highest BCUT2D eigenvalue weighted by molar-refractivity contribution is 5.94. The highest BCUT2D eigenvalue weighted by atomic mass is 19.4. The van der Waals surface area contributed by atoms with Crippen LogP contribution < -0.4 is 15.4 Å². The molecule has 0 unspecified atom stereocenters. The number of halogens is 3. The number of primary amides is 1. The molecule has 6 nitrogen and oxygen atoms in total. The second-order valence-corrected chi connectivity index (χ2v) is 10.2. The lowest BCUT2D eigenvalue weighted by Crippen LogP contribution is -2.62. The number of unbranched alkanes of at least 4 members (excludes halogenated alkanes) is 1. The number of urea groups is 1. The predicted octanol–water partition coefficient (Wildman–Crippen LogP) is 6.64. The fraction of sp³-hybridized carbons (Fsp3) is 0.500. The van der Waals surface area contributed by atoms with Crippen molar-refractivity contribution in [3.63, 3.8) is 0 Å². The smallest absolute Gasteiger partial charge is 0.406 e. The Kier molecular flexibility index (Phi) is 7.99. The van der Waals surface area contributed by atoms with Crippen LogP contribution in [0.2, 0.25) is 0 Å². The highest BCUT2D eigenvalue weighted by Crippen LogP contribution is 2.44. The molecule has 1 saturated carbocycles. The number of alkyl halides is 3. The number of anilines is 1. The maximum Gasteiger partial charge on any atom is 0.573 e. The van der Waals surface area contributed by atoms with Gasteiger partial charge in [0.05, 0.1) is 0 Å². The van der Waals surface area contributed by atoms with Crippen molar-refractivity contribution < 1.29 is 27.5 Å². The van der Waals surface area contributed by atoms with Gasteiger partial charge < -0.3 is 15.4 Å². The van der Waals surface area contributed by atoms with Gasteiger partial charge >= 0.3 is 12.4 Å². The van der Waals surface area contributed by atoms with E-state index in [0.717, 1.165) is 37.7 Å². The van der Waals surface area contributed by atoms with Gasteiger partial charge in [0.2, 0.25) is 5.91 Å². The molecule has 1 saturated heterocycles. The molecular formula is C28H34F3N3O3. The van der Waals surface area contributed by atoms with Gasteiger partial charge in [-0.15, -0.1) is 13.2 Å². The lowest BCUT2D eigenvalue weighted by molar-refractivity contribution is -0.274. The number of hydrogen-bond donors (Lipinski definition) is 1. The summed E-state index contributed by atoms with van der Waals surface area (Å²) in [6, 6.07) is 12.2. The molecule has 37 heavy (non-hydrogen) atoms. The summed E-state index contributed by atoms with van der Waals surface area (Å²) in [5, 5.41) is 0. The van der Waals surface area contributed by atoms with Crippen LogP contribution in [0.15, 0.2) is 48.5 Å². The van der Waals surface area contributed by atoms with E-state index >= 15 is 0 Å². The van der Waals surface area contributed by atoms with E-state index in [0.29, 0.717) is 30.3 Å². The Labute approximate surface area is 215 Å². The Balaban J connectivity index is 1.56. The second kappa shape index (κ2) is 11.0. The third kappa shape index (κ3) is 6.37. The lowest BCUT2D eigenvalue weighted by atomic mass is 9.71. The van der Waals surface area contributed by atoms with Crippen molar-refractivity contribution in [2.24, 2.45) is 11.7 Å². The molecule has 3 amide bonds. The number of ether oxygens (including phenoxy) is 1. The largest absolute Gasteiger partial charge is 0.573 e. The number of rotatable bonds is 8. The summed E-state index contributed by atoms with van der Waals surface area (Å²) in [6.45, 7) is 3.07. The van der Waals surface area contributed by atoms with E-state index in [4.69, 9.17) is 5.73 Å².